The molecular formula is C17H24N6O4S. The van der Waals surface area contributed by atoms with Crippen LogP contribution >= 0.6 is 0 Å². The second kappa shape index (κ2) is 7.60. The van der Waals surface area contributed by atoms with Crippen molar-refractivity contribution in [1.82, 2.24) is 24.8 Å². The zero-order valence-corrected chi connectivity index (χ0v) is 17.0. The van der Waals surface area contributed by atoms with Gasteiger partial charge in [-0.1, -0.05) is 5.17 Å². The number of hydroxylamine groups is 1. The molecule has 0 aliphatic carbocycles. The maximum absolute atomic E-state index is 12.4. The van der Waals surface area contributed by atoms with E-state index in [1.54, 1.807) is 26.1 Å². The summed E-state index contributed by atoms with van der Waals surface area (Å²) in [6.07, 6.45) is 0. The van der Waals surface area contributed by atoms with Crippen molar-refractivity contribution in [3.8, 4) is 11.4 Å². The largest absolute Gasteiger partial charge is 0.308 e. The molecule has 2 heterocycles. The standard InChI is InChI=1S/C17H24N6O4S/c1-11-14-15(22(4)23(11)25)17(24)20-16(19-14)12-5-7-13(8-6-12)28(26,27)18-9-10-21(2)3/h5-8,11,18,25H,9-10H2,1-4H3,(H,19,20,24). The van der Waals surface area contributed by atoms with Gasteiger partial charge < -0.3 is 9.88 Å². The number of H-pyrrole nitrogens is 1. The van der Waals surface area contributed by atoms with Gasteiger partial charge in [-0.15, -0.1) is 0 Å². The van der Waals surface area contributed by atoms with Crippen LogP contribution in [0.25, 0.3) is 11.4 Å². The highest BCUT2D eigenvalue weighted by molar-refractivity contribution is 7.89. The lowest BCUT2D eigenvalue weighted by Crippen LogP contribution is -2.34. The number of nitrogens with zero attached hydrogens (tertiary/aromatic N) is 4. The van der Waals surface area contributed by atoms with Gasteiger partial charge in [0.05, 0.1) is 16.6 Å². The van der Waals surface area contributed by atoms with Crippen molar-refractivity contribution in [2.24, 2.45) is 0 Å². The Hall–Kier alpha value is -2.31. The first-order chi connectivity index (χ1) is 13.1. The minimum atomic E-state index is -3.61. The molecule has 1 aliphatic heterocycles. The zero-order chi connectivity index (χ0) is 20.6. The van der Waals surface area contributed by atoms with Crippen LogP contribution in [0.1, 0.15) is 18.7 Å². The summed E-state index contributed by atoms with van der Waals surface area (Å²) in [7, 11) is 1.69. The van der Waals surface area contributed by atoms with Gasteiger partial charge in [0, 0.05) is 25.7 Å². The molecule has 1 aromatic carbocycles. The first-order valence-electron chi connectivity index (χ1n) is 8.72. The lowest BCUT2D eigenvalue weighted by atomic mass is 10.2. The topological polar surface area (TPSA) is 122 Å². The molecule has 152 valence electrons. The van der Waals surface area contributed by atoms with Gasteiger partial charge in [0.15, 0.2) is 0 Å². The van der Waals surface area contributed by atoms with Crippen LogP contribution in [0.2, 0.25) is 0 Å². The number of likely N-dealkylation sites (N-methyl/N-ethyl adjacent to an activating group) is 1. The fraction of sp³-hybridized carbons (Fsp3) is 0.412. The molecule has 0 spiro atoms. The maximum Gasteiger partial charge on any atom is 0.276 e. The van der Waals surface area contributed by atoms with Crippen LogP contribution in [0.4, 0.5) is 5.69 Å². The van der Waals surface area contributed by atoms with E-state index in [0.717, 1.165) is 5.17 Å². The molecule has 10 nitrogen and oxygen atoms in total. The Kier molecular flexibility index (Phi) is 5.55. The quantitative estimate of drug-likeness (QED) is 0.628. The Morgan fingerprint density at radius 3 is 2.54 bits per heavy atom. The average Bonchev–Trinajstić information content (AvgIpc) is 2.86. The van der Waals surface area contributed by atoms with Crippen molar-refractivity contribution in [2.45, 2.75) is 17.9 Å². The van der Waals surface area contributed by atoms with Gasteiger partial charge in [0.25, 0.3) is 5.56 Å². The predicted molar refractivity (Wildman–Crippen MR) is 104 cm³/mol. The van der Waals surface area contributed by atoms with Gasteiger partial charge >= 0.3 is 0 Å². The molecule has 1 atom stereocenters. The summed E-state index contributed by atoms with van der Waals surface area (Å²) >= 11 is 0. The van der Waals surface area contributed by atoms with E-state index in [2.05, 4.69) is 14.7 Å². The molecule has 0 bridgehead atoms. The molecule has 3 N–H and O–H groups in total. The van der Waals surface area contributed by atoms with E-state index < -0.39 is 16.1 Å². The Labute approximate surface area is 163 Å². The SMILES string of the molecule is CC1c2nc(-c3ccc(S(=O)(=O)NCCN(C)C)cc3)[nH]c(=O)c2N(C)N1O. The normalized spacial score (nSPS) is 17.4. The maximum atomic E-state index is 12.4. The van der Waals surface area contributed by atoms with Crippen molar-refractivity contribution in [3.63, 3.8) is 0 Å². The third kappa shape index (κ3) is 3.80. The molecule has 0 radical (unpaired) electrons. The molecule has 1 unspecified atom stereocenters. The molecule has 11 heteroatoms. The number of aromatic nitrogens is 2. The van der Waals surface area contributed by atoms with Crippen LogP contribution in [-0.2, 0) is 10.0 Å². The van der Waals surface area contributed by atoms with Gasteiger partial charge in [-0.05, 0) is 45.3 Å². The summed E-state index contributed by atoms with van der Waals surface area (Å²) in [5, 5.41) is 12.3. The molecule has 3 rings (SSSR count). The predicted octanol–water partition coefficient (Wildman–Crippen LogP) is 0.394. The molecule has 2 aromatic rings. The van der Waals surface area contributed by atoms with Crippen molar-refractivity contribution >= 4 is 15.7 Å². The van der Waals surface area contributed by atoms with Crippen LogP contribution in [0, 0.1) is 0 Å². The number of rotatable bonds is 6. The molecule has 1 aromatic heterocycles. The molecular weight excluding hydrogens is 384 g/mol. The van der Waals surface area contributed by atoms with Crippen molar-refractivity contribution in [3.05, 3.63) is 40.3 Å². The highest BCUT2D eigenvalue weighted by atomic mass is 32.2. The molecule has 0 saturated heterocycles. The summed E-state index contributed by atoms with van der Waals surface area (Å²) in [5.41, 5.74) is 0.917. The molecule has 28 heavy (non-hydrogen) atoms. The van der Waals surface area contributed by atoms with Crippen molar-refractivity contribution < 1.29 is 13.6 Å². The molecule has 0 amide bonds. The second-order valence-corrected chi connectivity index (χ2v) is 8.66. The number of hydrazine groups is 1. The van der Waals surface area contributed by atoms with E-state index >= 15 is 0 Å². The monoisotopic (exact) mass is 408 g/mol. The van der Waals surface area contributed by atoms with Crippen LogP contribution in [0.5, 0.6) is 0 Å². The van der Waals surface area contributed by atoms with E-state index in [1.165, 1.54) is 17.1 Å². The van der Waals surface area contributed by atoms with Crippen molar-refractivity contribution in [2.75, 3.05) is 39.2 Å². The van der Waals surface area contributed by atoms with Crippen molar-refractivity contribution in [1.29, 1.82) is 0 Å². The van der Waals surface area contributed by atoms with E-state index in [-0.39, 0.29) is 16.1 Å². The number of aromatic amines is 1. The van der Waals surface area contributed by atoms with E-state index in [4.69, 9.17) is 0 Å². The Balaban J connectivity index is 1.87. The summed E-state index contributed by atoms with van der Waals surface area (Å²) < 4.78 is 27.2. The number of fused-ring (bicyclic) bond motifs is 1. The smallest absolute Gasteiger partial charge is 0.276 e. The molecule has 0 fully saturated rings. The highest BCUT2D eigenvalue weighted by Crippen LogP contribution is 2.34. The molecule has 1 aliphatic rings. The van der Waals surface area contributed by atoms with E-state index in [1.807, 2.05) is 19.0 Å². The highest BCUT2D eigenvalue weighted by Gasteiger charge is 2.35. The van der Waals surface area contributed by atoms with Gasteiger partial charge in [-0.2, -0.15) is 0 Å². The number of hydrogen-bond donors (Lipinski definition) is 3. The lowest BCUT2D eigenvalue weighted by molar-refractivity contribution is -0.120. The number of benzene rings is 1. The summed E-state index contributed by atoms with van der Waals surface area (Å²) in [6, 6.07) is 5.64. The Bertz CT molecular complexity index is 1020. The average molecular weight is 408 g/mol. The number of hydrogen-bond acceptors (Lipinski definition) is 8. The number of nitrogens with one attached hydrogen (secondary N) is 2. The lowest BCUT2D eigenvalue weighted by Gasteiger charge is -2.20. The number of anilines is 1. The fourth-order valence-electron chi connectivity index (χ4n) is 2.98. The molecule has 0 saturated carbocycles. The van der Waals surface area contributed by atoms with Gasteiger partial charge in [0.1, 0.15) is 11.5 Å². The fourth-order valence-corrected chi connectivity index (χ4v) is 4.00. The minimum Gasteiger partial charge on any atom is -0.308 e. The van der Waals surface area contributed by atoms with Gasteiger partial charge in [0.2, 0.25) is 10.0 Å². The first kappa shape index (κ1) is 20.4. The van der Waals surface area contributed by atoms with Gasteiger partial charge in [-0.3, -0.25) is 15.0 Å². The van der Waals surface area contributed by atoms with E-state index in [0.29, 0.717) is 30.2 Å². The first-order valence-corrected chi connectivity index (χ1v) is 10.2. The van der Waals surface area contributed by atoms with Crippen LogP contribution in [0.3, 0.4) is 0 Å². The number of sulfonamides is 1. The zero-order valence-electron chi connectivity index (χ0n) is 16.2. The van der Waals surface area contributed by atoms with Crippen LogP contribution in [-0.4, -0.2) is 67.9 Å². The third-order valence-electron chi connectivity index (χ3n) is 4.58. The summed E-state index contributed by atoms with van der Waals surface area (Å²) in [5.74, 6) is 0.309. The summed E-state index contributed by atoms with van der Waals surface area (Å²) in [4.78, 5) is 21.6. The second-order valence-electron chi connectivity index (χ2n) is 6.89. The third-order valence-corrected chi connectivity index (χ3v) is 6.06. The van der Waals surface area contributed by atoms with Crippen LogP contribution in [0.15, 0.2) is 34.0 Å². The minimum absolute atomic E-state index is 0.133. The van der Waals surface area contributed by atoms with E-state index in [9.17, 15) is 18.4 Å². The van der Waals surface area contributed by atoms with Gasteiger partial charge in [-0.25, -0.2) is 18.1 Å². The Morgan fingerprint density at radius 1 is 1.29 bits per heavy atom. The van der Waals surface area contributed by atoms with Crippen LogP contribution < -0.4 is 15.3 Å². The Morgan fingerprint density at radius 2 is 1.93 bits per heavy atom. The summed E-state index contributed by atoms with van der Waals surface area (Å²) in [6.45, 7) is 2.62.